The summed E-state index contributed by atoms with van der Waals surface area (Å²) in [6.07, 6.45) is -0.0178. The topological polar surface area (TPSA) is 21.3 Å². The van der Waals surface area contributed by atoms with Gasteiger partial charge in [0, 0.05) is 12.1 Å². The molecule has 1 aromatic rings. The maximum atomic E-state index is 13.6. The molecule has 0 aromatic heterocycles. The van der Waals surface area contributed by atoms with Crippen molar-refractivity contribution < 1.29 is 9.13 Å². The van der Waals surface area contributed by atoms with E-state index in [1.165, 1.54) is 6.07 Å². The van der Waals surface area contributed by atoms with Gasteiger partial charge in [-0.25, -0.2) is 4.39 Å². The quantitative estimate of drug-likeness (QED) is 0.822. The molecule has 1 aromatic carbocycles. The van der Waals surface area contributed by atoms with Gasteiger partial charge in [-0.15, -0.1) is 0 Å². The molecule has 0 unspecified atom stereocenters. The molecule has 3 heteroatoms. The Hall–Kier alpha value is -1.09. The predicted octanol–water partition coefficient (Wildman–Crippen LogP) is 3.36. The Balaban J connectivity index is 2.72. The number of para-hydroxylation sites is 1. The molecule has 0 aliphatic rings. The second-order valence-corrected chi connectivity index (χ2v) is 4.92. The molecule has 0 aliphatic heterocycles. The molecule has 0 saturated carbocycles. The first kappa shape index (κ1) is 14.0. The molecule has 0 bridgehead atoms. The van der Waals surface area contributed by atoms with E-state index in [9.17, 15) is 4.39 Å². The molecule has 0 amide bonds. The smallest absolute Gasteiger partial charge is 0.165 e. The highest BCUT2D eigenvalue weighted by Crippen LogP contribution is 2.23. The summed E-state index contributed by atoms with van der Waals surface area (Å²) in [5.41, 5.74) is 0.874. The van der Waals surface area contributed by atoms with Crippen molar-refractivity contribution >= 4 is 0 Å². The first-order valence-electron chi connectivity index (χ1n) is 6.15. The number of hydrogen-bond donors (Lipinski definition) is 1. The predicted molar refractivity (Wildman–Crippen MR) is 68.7 cm³/mol. The summed E-state index contributed by atoms with van der Waals surface area (Å²) in [6.45, 7) is 9.64. The zero-order chi connectivity index (χ0) is 12.8. The van der Waals surface area contributed by atoms with Crippen molar-refractivity contribution in [2.24, 2.45) is 5.92 Å². The number of halogens is 1. The van der Waals surface area contributed by atoms with Crippen LogP contribution in [-0.2, 0) is 6.54 Å². The summed E-state index contributed by atoms with van der Waals surface area (Å²) >= 11 is 0. The number of rotatable bonds is 6. The van der Waals surface area contributed by atoms with Crippen LogP contribution in [-0.4, -0.2) is 12.6 Å². The Kier molecular flexibility index (Phi) is 5.42. The number of ether oxygens (including phenoxy) is 1. The van der Waals surface area contributed by atoms with Crippen molar-refractivity contribution in [1.82, 2.24) is 5.32 Å². The van der Waals surface area contributed by atoms with E-state index in [-0.39, 0.29) is 11.9 Å². The number of benzene rings is 1. The fraction of sp³-hybridized carbons (Fsp3) is 0.571. The van der Waals surface area contributed by atoms with Crippen LogP contribution in [0.4, 0.5) is 4.39 Å². The maximum Gasteiger partial charge on any atom is 0.165 e. The lowest BCUT2D eigenvalue weighted by atomic mass is 10.1. The van der Waals surface area contributed by atoms with Crippen molar-refractivity contribution in [3.63, 3.8) is 0 Å². The van der Waals surface area contributed by atoms with Gasteiger partial charge in [-0.2, -0.15) is 0 Å². The first-order valence-corrected chi connectivity index (χ1v) is 6.15. The van der Waals surface area contributed by atoms with Gasteiger partial charge in [-0.3, -0.25) is 0 Å². The molecule has 0 heterocycles. The fourth-order valence-corrected chi connectivity index (χ4v) is 1.56. The zero-order valence-electron chi connectivity index (χ0n) is 11.1. The lowest BCUT2D eigenvalue weighted by Crippen LogP contribution is -2.20. The summed E-state index contributed by atoms with van der Waals surface area (Å²) in [4.78, 5) is 0. The second kappa shape index (κ2) is 6.60. The van der Waals surface area contributed by atoms with Crippen LogP contribution in [0.5, 0.6) is 5.75 Å². The normalized spacial score (nSPS) is 11.2. The highest BCUT2D eigenvalue weighted by molar-refractivity contribution is 5.35. The fourth-order valence-electron chi connectivity index (χ4n) is 1.56. The number of nitrogens with one attached hydrogen (secondary N) is 1. The van der Waals surface area contributed by atoms with Gasteiger partial charge in [0.15, 0.2) is 11.6 Å². The Morgan fingerprint density at radius 3 is 2.53 bits per heavy atom. The third-order valence-electron chi connectivity index (χ3n) is 2.27. The minimum atomic E-state index is -0.289. The molecule has 0 radical (unpaired) electrons. The van der Waals surface area contributed by atoms with E-state index >= 15 is 0 Å². The largest absolute Gasteiger partial charge is 0.488 e. The summed E-state index contributed by atoms with van der Waals surface area (Å²) in [6, 6.07) is 5.05. The van der Waals surface area contributed by atoms with E-state index in [1.807, 2.05) is 19.9 Å². The average molecular weight is 239 g/mol. The van der Waals surface area contributed by atoms with Gasteiger partial charge in [0.1, 0.15) is 0 Å². The summed E-state index contributed by atoms with van der Waals surface area (Å²) < 4.78 is 19.2. The molecule has 2 nitrogen and oxygen atoms in total. The SMILES string of the molecule is CC(C)CNCc1cccc(F)c1OC(C)C. The third-order valence-corrected chi connectivity index (χ3v) is 2.27. The van der Waals surface area contributed by atoms with Crippen LogP contribution in [0, 0.1) is 11.7 Å². The summed E-state index contributed by atoms with van der Waals surface area (Å²) in [5, 5.41) is 3.30. The minimum absolute atomic E-state index is 0.0178. The van der Waals surface area contributed by atoms with Crippen molar-refractivity contribution in [3.05, 3.63) is 29.6 Å². The molecule has 0 aliphatic carbocycles. The highest BCUT2D eigenvalue weighted by Gasteiger charge is 2.11. The molecule has 96 valence electrons. The van der Waals surface area contributed by atoms with Gasteiger partial charge in [0.2, 0.25) is 0 Å². The highest BCUT2D eigenvalue weighted by atomic mass is 19.1. The molecule has 0 fully saturated rings. The number of hydrogen-bond acceptors (Lipinski definition) is 2. The molecule has 1 rings (SSSR count). The summed E-state index contributed by atoms with van der Waals surface area (Å²) in [7, 11) is 0. The molecule has 0 spiro atoms. The van der Waals surface area contributed by atoms with E-state index in [4.69, 9.17) is 4.74 Å². The molecule has 0 saturated heterocycles. The van der Waals surface area contributed by atoms with Gasteiger partial charge >= 0.3 is 0 Å². The third kappa shape index (κ3) is 4.73. The van der Waals surface area contributed by atoms with Crippen LogP contribution in [0.3, 0.4) is 0 Å². The Morgan fingerprint density at radius 1 is 1.24 bits per heavy atom. The van der Waals surface area contributed by atoms with E-state index in [1.54, 1.807) is 6.07 Å². The van der Waals surface area contributed by atoms with E-state index < -0.39 is 0 Å². The zero-order valence-corrected chi connectivity index (χ0v) is 11.1. The molecule has 17 heavy (non-hydrogen) atoms. The molecular formula is C14H22FNO. The maximum absolute atomic E-state index is 13.6. The Morgan fingerprint density at radius 2 is 1.94 bits per heavy atom. The van der Waals surface area contributed by atoms with Gasteiger partial charge < -0.3 is 10.1 Å². The van der Waals surface area contributed by atoms with Gasteiger partial charge in [0.05, 0.1) is 6.10 Å². The van der Waals surface area contributed by atoms with Crippen molar-refractivity contribution in [1.29, 1.82) is 0 Å². The molecule has 0 atom stereocenters. The average Bonchev–Trinajstić information content (AvgIpc) is 2.22. The minimum Gasteiger partial charge on any atom is -0.488 e. The molecule has 1 N–H and O–H groups in total. The standard InChI is InChI=1S/C14H22FNO/c1-10(2)8-16-9-12-6-5-7-13(15)14(12)17-11(3)4/h5-7,10-11,16H,8-9H2,1-4H3. The van der Waals surface area contributed by atoms with Crippen molar-refractivity contribution in [2.45, 2.75) is 40.3 Å². The van der Waals surface area contributed by atoms with Gasteiger partial charge in [-0.05, 0) is 32.4 Å². The van der Waals surface area contributed by atoms with Gasteiger partial charge in [-0.1, -0.05) is 26.0 Å². The lowest BCUT2D eigenvalue weighted by Gasteiger charge is -2.16. The monoisotopic (exact) mass is 239 g/mol. The van der Waals surface area contributed by atoms with E-state index in [2.05, 4.69) is 19.2 Å². The van der Waals surface area contributed by atoms with Crippen LogP contribution in [0.15, 0.2) is 18.2 Å². The van der Waals surface area contributed by atoms with E-state index in [0.717, 1.165) is 12.1 Å². The van der Waals surface area contributed by atoms with E-state index in [0.29, 0.717) is 18.2 Å². The van der Waals surface area contributed by atoms with Crippen LogP contribution in [0.25, 0.3) is 0 Å². The second-order valence-electron chi connectivity index (χ2n) is 4.92. The molecular weight excluding hydrogens is 217 g/mol. The Labute approximate surface area is 103 Å². The summed E-state index contributed by atoms with van der Waals surface area (Å²) in [5.74, 6) is 0.666. The Bertz CT molecular complexity index is 350. The van der Waals surface area contributed by atoms with Crippen LogP contribution < -0.4 is 10.1 Å². The lowest BCUT2D eigenvalue weighted by molar-refractivity contribution is 0.228. The van der Waals surface area contributed by atoms with Gasteiger partial charge in [0.25, 0.3) is 0 Å². The van der Waals surface area contributed by atoms with Crippen LogP contribution >= 0.6 is 0 Å². The van der Waals surface area contributed by atoms with Crippen molar-refractivity contribution in [2.75, 3.05) is 6.54 Å². The van der Waals surface area contributed by atoms with Crippen LogP contribution in [0.1, 0.15) is 33.3 Å². The van der Waals surface area contributed by atoms with Crippen molar-refractivity contribution in [3.8, 4) is 5.75 Å². The van der Waals surface area contributed by atoms with Crippen LogP contribution in [0.2, 0.25) is 0 Å². The first-order chi connectivity index (χ1) is 8.00.